The molecule has 1 saturated heterocycles. The van der Waals surface area contributed by atoms with E-state index in [0.717, 1.165) is 19.4 Å². The van der Waals surface area contributed by atoms with Crippen LogP contribution in [0.1, 0.15) is 25.7 Å². The quantitative estimate of drug-likeness (QED) is 0.192. The molecule has 5 heteroatoms. The van der Waals surface area contributed by atoms with Crippen molar-refractivity contribution in [3.05, 3.63) is 10.4 Å². The number of ether oxygens (including phenoxy) is 1. The number of hydrogen-bond donors (Lipinski definition) is 0. The number of halogens is 1. The maximum absolute atomic E-state index is 8.07. The molecule has 0 bridgehead atoms. The van der Waals surface area contributed by atoms with Crippen LogP contribution in [0.15, 0.2) is 5.11 Å². The minimum absolute atomic E-state index is 0.437. The van der Waals surface area contributed by atoms with Crippen molar-refractivity contribution in [2.45, 2.75) is 35.7 Å². The van der Waals surface area contributed by atoms with Crippen LogP contribution in [0.2, 0.25) is 0 Å². The molecule has 1 heterocycles. The van der Waals surface area contributed by atoms with E-state index in [9.17, 15) is 0 Å². The summed E-state index contributed by atoms with van der Waals surface area (Å²) in [5.74, 6) is 0. The summed E-state index contributed by atoms with van der Waals surface area (Å²) in [6.07, 6.45) is 4.88. The van der Waals surface area contributed by atoms with Crippen molar-refractivity contribution >= 4 is 22.6 Å². The molecule has 0 N–H and O–H groups in total. The lowest BCUT2D eigenvalue weighted by molar-refractivity contribution is 0.110. The molecule has 1 aliphatic rings. The van der Waals surface area contributed by atoms with E-state index in [0.29, 0.717) is 16.6 Å². The number of azide groups is 1. The van der Waals surface area contributed by atoms with Gasteiger partial charge in [0, 0.05) is 22.0 Å². The van der Waals surface area contributed by atoms with Crippen LogP contribution in [-0.4, -0.2) is 23.2 Å². The van der Waals surface area contributed by atoms with E-state index in [1.807, 2.05) is 0 Å². The molecule has 4 nitrogen and oxygen atoms in total. The minimum atomic E-state index is 0.437. The summed E-state index contributed by atoms with van der Waals surface area (Å²) in [6.45, 7) is 1.53. The number of rotatable bonds is 5. The Balaban J connectivity index is 2.09. The first kappa shape index (κ1) is 11.1. The molecule has 13 heavy (non-hydrogen) atoms. The topological polar surface area (TPSA) is 58.0 Å². The van der Waals surface area contributed by atoms with Gasteiger partial charge in [-0.3, -0.25) is 0 Å². The maximum Gasteiger partial charge on any atom is 0.0693 e. The number of alkyl halides is 1. The van der Waals surface area contributed by atoms with Gasteiger partial charge in [0.2, 0.25) is 0 Å². The zero-order chi connectivity index (χ0) is 9.52. The molecule has 0 radical (unpaired) electrons. The van der Waals surface area contributed by atoms with Gasteiger partial charge in [-0.05, 0) is 31.2 Å². The van der Waals surface area contributed by atoms with E-state index >= 15 is 0 Å². The van der Waals surface area contributed by atoms with Gasteiger partial charge in [-0.1, -0.05) is 27.7 Å². The Labute approximate surface area is 91.8 Å². The predicted molar refractivity (Wildman–Crippen MR) is 60.0 cm³/mol. The van der Waals surface area contributed by atoms with Crippen LogP contribution in [0.3, 0.4) is 0 Å². The van der Waals surface area contributed by atoms with E-state index < -0.39 is 0 Å². The number of hydrogen-bond acceptors (Lipinski definition) is 2. The second-order valence-electron chi connectivity index (χ2n) is 3.16. The van der Waals surface area contributed by atoms with Crippen LogP contribution in [0.25, 0.3) is 10.4 Å². The SMILES string of the molecule is [N-]=[N+]=NCCC[C@@H](I)[C@H]1CCCO1. The highest BCUT2D eigenvalue weighted by Gasteiger charge is 2.22. The normalized spacial score (nSPS) is 23.9. The summed E-state index contributed by atoms with van der Waals surface area (Å²) in [4.78, 5) is 2.72. The highest BCUT2D eigenvalue weighted by molar-refractivity contribution is 14.1. The lowest BCUT2D eigenvalue weighted by Crippen LogP contribution is -2.19. The summed E-state index contributed by atoms with van der Waals surface area (Å²) in [6, 6.07) is 0. The second-order valence-corrected chi connectivity index (χ2v) is 4.76. The third kappa shape index (κ3) is 4.15. The van der Waals surface area contributed by atoms with Gasteiger partial charge < -0.3 is 4.74 Å². The molecule has 0 aromatic heterocycles. The highest BCUT2D eigenvalue weighted by Crippen LogP contribution is 2.24. The van der Waals surface area contributed by atoms with E-state index in [1.165, 1.54) is 12.8 Å². The lowest BCUT2D eigenvalue weighted by atomic mass is 10.1. The summed E-state index contributed by atoms with van der Waals surface area (Å²) < 4.78 is 6.14. The average molecular weight is 295 g/mol. The van der Waals surface area contributed by atoms with E-state index in [2.05, 4.69) is 32.6 Å². The van der Waals surface area contributed by atoms with Crippen LogP contribution in [0.4, 0.5) is 0 Å². The first-order chi connectivity index (χ1) is 6.34. The molecule has 0 saturated carbocycles. The minimum Gasteiger partial charge on any atom is -0.377 e. The fourth-order valence-corrected chi connectivity index (χ4v) is 2.48. The fourth-order valence-electron chi connectivity index (χ4n) is 1.48. The average Bonchev–Trinajstić information content (AvgIpc) is 2.65. The Hall–Kier alpha value is 0.0000000000000000347. The van der Waals surface area contributed by atoms with Gasteiger partial charge in [0.25, 0.3) is 0 Å². The van der Waals surface area contributed by atoms with Crippen molar-refractivity contribution in [3.8, 4) is 0 Å². The van der Waals surface area contributed by atoms with Gasteiger partial charge in [0.05, 0.1) is 6.10 Å². The van der Waals surface area contributed by atoms with Crippen LogP contribution >= 0.6 is 22.6 Å². The molecule has 1 rings (SSSR count). The summed E-state index contributed by atoms with van der Waals surface area (Å²) in [5, 5.41) is 3.51. The Kier molecular flexibility index (Phi) is 5.50. The van der Waals surface area contributed by atoms with Crippen LogP contribution in [0, 0.1) is 0 Å². The van der Waals surface area contributed by atoms with E-state index in [4.69, 9.17) is 10.3 Å². The second kappa shape index (κ2) is 6.45. The van der Waals surface area contributed by atoms with Crippen molar-refractivity contribution < 1.29 is 4.74 Å². The molecular weight excluding hydrogens is 281 g/mol. The first-order valence-electron chi connectivity index (χ1n) is 4.61. The molecule has 0 aliphatic carbocycles. The monoisotopic (exact) mass is 295 g/mol. The molecule has 2 atom stereocenters. The zero-order valence-electron chi connectivity index (χ0n) is 7.53. The Morgan fingerprint density at radius 1 is 1.69 bits per heavy atom. The maximum atomic E-state index is 8.07. The van der Waals surface area contributed by atoms with E-state index in [-0.39, 0.29) is 0 Å². The smallest absolute Gasteiger partial charge is 0.0693 e. The molecule has 0 aromatic carbocycles. The van der Waals surface area contributed by atoms with Gasteiger partial charge in [-0.2, -0.15) is 0 Å². The first-order valence-corrected chi connectivity index (χ1v) is 5.85. The van der Waals surface area contributed by atoms with Crippen LogP contribution in [-0.2, 0) is 4.74 Å². The number of nitrogens with zero attached hydrogens (tertiary/aromatic N) is 3. The Morgan fingerprint density at radius 2 is 2.54 bits per heavy atom. The Bertz CT molecular complexity index is 188. The van der Waals surface area contributed by atoms with Gasteiger partial charge in [-0.15, -0.1) is 0 Å². The highest BCUT2D eigenvalue weighted by atomic mass is 127. The van der Waals surface area contributed by atoms with Crippen molar-refractivity contribution in [3.63, 3.8) is 0 Å². The summed E-state index contributed by atoms with van der Waals surface area (Å²) >= 11 is 2.44. The van der Waals surface area contributed by atoms with Gasteiger partial charge in [-0.25, -0.2) is 0 Å². The lowest BCUT2D eigenvalue weighted by Gasteiger charge is -2.15. The summed E-state index contributed by atoms with van der Waals surface area (Å²) in [7, 11) is 0. The molecular formula is C8H14IN3O. The molecule has 0 aromatic rings. The largest absolute Gasteiger partial charge is 0.377 e. The fraction of sp³-hybridized carbons (Fsp3) is 1.00. The van der Waals surface area contributed by atoms with Gasteiger partial charge >= 0.3 is 0 Å². The van der Waals surface area contributed by atoms with Gasteiger partial charge in [0.15, 0.2) is 0 Å². The van der Waals surface area contributed by atoms with Crippen molar-refractivity contribution in [2.24, 2.45) is 5.11 Å². The Morgan fingerprint density at radius 3 is 3.15 bits per heavy atom. The molecule has 0 spiro atoms. The van der Waals surface area contributed by atoms with E-state index in [1.54, 1.807) is 0 Å². The molecule has 74 valence electrons. The standard InChI is InChI=1S/C8H14IN3O/c9-7(3-1-5-11-12-10)8-4-2-6-13-8/h7-8H,1-6H2/t7-,8-/m1/s1. The van der Waals surface area contributed by atoms with Crippen molar-refractivity contribution in [1.82, 2.24) is 0 Å². The van der Waals surface area contributed by atoms with Gasteiger partial charge in [0.1, 0.15) is 0 Å². The summed E-state index contributed by atoms with van der Waals surface area (Å²) in [5.41, 5.74) is 8.07. The molecule has 1 fully saturated rings. The van der Waals surface area contributed by atoms with Crippen molar-refractivity contribution in [2.75, 3.05) is 13.2 Å². The third-order valence-corrected chi connectivity index (χ3v) is 3.59. The zero-order valence-corrected chi connectivity index (χ0v) is 9.68. The predicted octanol–water partition coefficient (Wildman–Crippen LogP) is 3.06. The molecule has 0 unspecified atom stereocenters. The molecule has 1 aliphatic heterocycles. The van der Waals surface area contributed by atoms with Crippen LogP contribution < -0.4 is 0 Å². The van der Waals surface area contributed by atoms with Crippen LogP contribution in [0.5, 0.6) is 0 Å². The van der Waals surface area contributed by atoms with Crippen molar-refractivity contribution in [1.29, 1.82) is 0 Å². The third-order valence-electron chi connectivity index (χ3n) is 2.17. The molecule has 0 amide bonds.